The Hall–Kier alpha value is -4.25. The standard InChI is InChI=1S/C39H28Si2/c1-25-22-23-30(33(25)26-14-6-2-7-15-26)31-24-32-34(27-16-8-3-9-17-27)35(28-18-10-4-11-19-28)36(29-20-12-5-13-21-29)39(41)37(32)38(31)40/h2-22H,23-24H2,1H3. The predicted molar refractivity (Wildman–Crippen MR) is 176 cm³/mol. The highest BCUT2D eigenvalue weighted by Gasteiger charge is 2.32. The van der Waals surface area contributed by atoms with E-state index in [2.05, 4.69) is 155 Å². The van der Waals surface area contributed by atoms with Gasteiger partial charge in [0.25, 0.3) is 0 Å². The second kappa shape index (κ2) is 10.6. The minimum absolute atomic E-state index is 0.873. The molecule has 0 atom stereocenters. The SMILES string of the molecule is CC1=CCC(C2=C([Si])c3c([Si])c(-c4ccccc4)c(-c4ccccc4)c(-c4ccccc4)c3C2)=C1c1ccccc1. The van der Waals surface area contributed by atoms with E-state index in [1.165, 1.54) is 77.6 Å². The number of allylic oxidation sites excluding steroid dienone is 5. The zero-order valence-corrected chi connectivity index (χ0v) is 25.0. The fourth-order valence-corrected chi connectivity index (χ4v) is 7.80. The lowest BCUT2D eigenvalue weighted by atomic mass is 9.82. The van der Waals surface area contributed by atoms with E-state index < -0.39 is 0 Å². The van der Waals surface area contributed by atoms with Gasteiger partial charge < -0.3 is 0 Å². The first-order valence-electron chi connectivity index (χ1n) is 14.2. The molecule has 0 nitrogen and oxygen atoms in total. The number of benzene rings is 5. The summed E-state index contributed by atoms with van der Waals surface area (Å²) in [6.07, 6.45) is 4.20. The van der Waals surface area contributed by atoms with Crippen LogP contribution in [-0.2, 0) is 6.42 Å². The molecule has 0 fully saturated rings. The van der Waals surface area contributed by atoms with Gasteiger partial charge in [-0.2, -0.15) is 0 Å². The van der Waals surface area contributed by atoms with Gasteiger partial charge in [-0.05, 0) is 92.1 Å². The number of hydrogen-bond acceptors (Lipinski definition) is 0. The van der Waals surface area contributed by atoms with Crippen LogP contribution in [-0.4, -0.2) is 20.5 Å². The molecule has 7 rings (SSSR count). The van der Waals surface area contributed by atoms with Gasteiger partial charge in [-0.15, -0.1) is 0 Å². The molecule has 2 aliphatic carbocycles. The molecule has 0 spiro atoms. The summed E-state index contributed by atoms with van der Waals surface area (Å²) in [4.78, 5) is 0. The monoisotopic (exact) mass is 552 g/mol. The molecule has 192 valence electrons. The molecule has 0 aliphatic heterocycles. The normalized spacial score (nSPS) is 14.5. The highest BCUT2D eigenvalue weighted by molar-refractivity contribution is 6.50. The number of fused-ring (bicyclic) bond motifs is 1. The van der Waals surface area contributed by atoms with Crippen molar-refractivity contribution in [2.75, 3.05) is 0 Å². The van der Waals surface area contributed by atoms with Crippen molar-refractivity contribution in [3.63, 3.8) is 0 Å². The summed E-state index contributed by atoms with van der Waals surface area (Å²) in [5.41, 5.74) is 16.9. The lowest BCUT2D eigenvalue weighted by Crippen LogP contribution is -2.17. The fraction of sp³-hybridized carbons (Fsp3) is 0.0769. The average molecular weight is 553 g/mol. The van der Waals surface area contributed by atoms with E-state index in [1.807, 2.05) is 0 Å². The molecular formula is C39H28Si2. The van der Waals surface area contributed by atoms with E-state index in [9.17, 15) is 0 Å². The summed E-state index contributed by atoms with van der Waals surface area (Å²) >= 11 is 0. The van der Waals surface area contributed by atoms with Gasteiger partial charge in [-0.3, -0.25) is 0 Å². The molecule has 0 bridgehead atoms. The van der Waals surface area contributed by atoms with Crippen LogP contribution < -0.4 is 5.19 Å². The summed E-state index contributed by atoms with van der Waals surface area (Å²) in [5, 5.41) is 2.32. The fourth-order valence-electron chi connectivity index (χ4n) is 6.62. The molecule has 5 aromatic carbocycles. The second-order valence-corrected chi connectivity index (χ2v) is 11.8. The van der Waals surface area contributed by atoms with Crippen molar-refractivity contribution in [3.05, 3.63) is 161 Å². The van der Waals surface area contributed by atoms with Crippen molar-refractivity contribution in [2.24, 2.45) is 0 Å². The van der Waals surface area contributed by atoms with E-state index in [-0.39, 0.29) is 0 Å². The lowest BCUT2D eigenvalue weighted by molar-refractivity contribution is 1.16. The van der Waals surface area contributed by atoms with Crippen LogP contribution in [0.25, 0.3) is 44.2 Å². The summed E-state index contributed by atoms with van der Waals surface area (Å²) in [7, 11) is 8.48. The molecule has 5 aromatic rings. The first kappa shape index (κ1) is 25.7. The minimum atomic E-state index is 0.873. The second-order valence-electron chi connectivity index (χ2n) is 10.8. The molecule has 0 unspecified atom stereocenters. The topological polar surface area (TPSA) is 0 Å². The van der Waals surface area contributed by atoms with Gasteiger partial charge in [0.1, 0.15) is 0 Å². The molecule has 0 N–H and O–H groups in total. The Morgan fingerprint density at radius 1 is 0.488 bits per heavy atom. The van der Waals surface area contributed by atoms with Crippen LogP contribution in [0.4, 0.5) is 0 Å². The van der Waals surface area contributed by atoms with Crippen LogP contribution in [0.5, 0.6) is 0 Å². The van der Waals surface area contributed by atoms with Gasteiger partial charge in [0, 0.05) is 0 Å². The largest absolute Gasteiger partial charge is 0.0765 e. The van der Waals surface area contributed by atoms with Crippen molar-refractivity contribution in [2.45, 2.75) is 19.8 Å². The van der Waals surface area contributed by atoms with E-state index in [0.717, 1.165) is 18.0 Å². The lowest BCUT2D eigenvalue weighted by Gasteiger charge is -2.24. The summed E-state index contributed by atoms with van der Waals surface area (Å²) < 4.78 is 0. The molecule has 0 saturated carbocycles. The third-order valence-electron chi connectivity index (χ3n) is 8.43. The summed E-state index contributed by atoms with van der Waals surface area (Å²) in [6.45, 7) is 2.25. The Labute approximate surface area is 249 Å². The zero-order chi connectivity index (χ0) is 27.9. The first-order valence-corrected chi connectivity index (χ1v) is 15.2. The maximum atomic E-state index is 4.25. The number of hydrogen-bond donors (Lipinski definition) is 0. The van der Waals surface area contributed by atoms with E-state index in [4.69, 9.17) is 0 Å². The van der Waals surface area contributed by atoms with Crippen molar-refractivity contribution in [3.8, 4) is 33.4 Å². The van der Waals surface area contributed by atoms with Crippen molar-refractivity contribution < 1.29 is 0 Å². The van der Waals surface area contributed by atoms with Gasteiger partial charge >= 0.3 is 0 Å². The Morgan fingerprint density at radius 3 is 1.49 bits per heavy atom. The Kier molecular flexibility index (Phi) is 6.66. The number of rotatable bonds is 5. The third-order valence-corrected chi connectivity index (χ3v) is 9.48. The van der Waals surface area contributed by atoms with Gasteiger partial charge in [-0.1, -0.05) is 138 Å². The summed E-state index contributed by atoms with van der Waals surface area (Å²) in [6, 6.07) is 43.4. The van der Waals surface area contributed by atoms with E-state index in [0.29, 0.717) is 0 Å². The molecule has 2 aliphatic rings. The minimum Gasteiger partial charge on any atom is -0.0765 e. The highest BCUT2D eigenvalue weighted by atomic mass is 28.1. The van der Waals surface area contributed by atoms with Gasteiger partial charge in [0.2, 0.25) is 0 Å². The predicted octanol–water partition coefficient (Wildman–Crippen LogP) is 8.72. The third kappa shape index (κ3) is 4.35. The molecule has 0 heterocycles. The van der Waals surface area contributed by atoms with Crippen LogP contribution in [0.2, 0.25) is 0 Å². The molecular weight excluding hydrogens is 525 g/mol. The zero-order valence-electron chi connectivity index (χ0n) is 23.0. The maximum Gasteiger partial charge on any atom is 0.0729 e. The smallest absolute Gasteiger partial charge is 0.0729 e. The van der Waals surface area contributed by atoms with E-state index >= 15 is 0 Å². The van der Waals surface area contributed by atoms with Crippen LogP contribution in [0, 0.1) is 0 Å². The molecule has 0 amide bonds. The van der Waals surface area contributed by atoms with E-state index in [1.54, 1.807) is 0 Å². The van der Waals surface area contributed by atoms with Gasteiger partial charge in [-0.25, -0.2) is 0 Å². The van der Waals surface area contributed by atoms with Crippen LogP contribution in [0.1, 0.15) is 30.0 Å². The van der Waals surface area contributed by atoms with Gasteiger partial charge in [0.15, 0.2) is 0 Å². The quantitative estimate of drug-likeness (QED) is 0.191. The highest BCUT2D eigenvalue weighted by Crippen LogP contribution is 2.50. The van der Waals surface area contributed by atoms with Crippen LogP contribution in [0.3, 0.4) is 0 Å². The molecule has 6 radical (unpaired) electrons. The molecule has 0 saturated heterocycles. The Morgan fingerprint density at radius 2 is 0.951 bits per heavy atom. The Balaban J connectivity index is 1.56. The van der Waals surface area contributed by atoms with Crippen molar-refractivity contribution in [1.82, 2.24) is 0 Å². The van der Waals surface area contributed by atoms with Crippen molar-refractivity contribution >= 4 is 36.4 Å². The molecule has 0 aromatic heterocycles. The molecule has 2 heteroatoms. The van der Waals surface area contributed by atoms with Crippen LogP contribution >= 0.6 is 0 Å². The van der Waals surface area contributed by atoms with Crippen molar-refractivity contribution in [1.29, 1.82) is 0 Å². The molecule has 41 heavy (non-hydrogen) atoms. The van der Waals surface area contributed by atoms with Gasteiger partial charge in [0.05, 0.1) is 20.5 Å². The summed E-state index contributed by atoms with van der Waals surface area (Å²) in [5.74, 6) is 0. The maximum absolute atomic E-state index is 4.25. The first-order chi connectivity index (χ1) is 20.1. The Bertz CT molecular complexity index is 1860. The average Bonchev–Trinajstić information content (AvgIpc) is 3.58. The van der Waals surface area contributed by atoms with Crippen LogP contribution in [0.15, 0.2) is 144 Å².